The van der Waals surface area contributed by atoms with Crippen LogP contribution in [0.1, 0.15) is 15.9 Å². The molecule has 1 aliphatic rings. The van der Waals surface area contributed by atoms with Gasteiger partial charge < -0.3 is 14.6 Å². The molecule has 164 valence electrons. The summed E-state index contributed by atoms with van der Waals surface area (Å²) in [5, 5.41) is 14.9. The van der Waals surface area contributed by atoms with Crippen molar-refractivity contribution in [3.8, 4) is 22.3 Å². The van der Waals surface area contributed by atoms with Crippen LogP contribution in [0.15, 0.2) is 48.0 Å². The maximum Gasteiger partial charge on any atom is 0.254 e. The van der Waals surface area contributed by atoms with Crippen molar-refractivity contribution in [3.05, 3.63) is 64.1 Å². The van der Waals surface area contributed by atoms with E-state index in [0.717, 1.165) is 16.2 Å². The molecule has 7 nitrogen and oxygen atoms in total. The summed E-state index contributed by atoms with van der Waals surface area (Å²) < 4.78 is 0. The predicted octanol–water partition coefficient (Wildman–Crippen LogP) is 4.15. The number of anilines is 1. The Hall–Kier alpha value is -3.12. The van der Waals surface area contributed by atoms with Gasteiger partial charge in [0.15, 0.2) is 0 Å². The van der Waals surface area contributed by atoms with Crippen LogP contribution >= 0.6 is 22.9 Å². The van der Waals surface area contributed by atoms with Gasteiger partial charge in [0.2, 0.25) is 5.06 Å². The van der Waals surface area contributed by atoms with E-state index in [1.165, 1.54) is 4.90 Å². The Morgan fingerprint density at radius 2 is 1.97 bits per heavy atom. The molecule has 1 saturated heterocycles. The zero-order valence-electron chi connectivity index (χ0n) is 17.8. The largest absolute Gasteiger partial charge is 0.395 e. The SMILES string of the molecule is CN(C)C(=O)c1ccc(-c2cnc(N3CCN(Oc4cccs4)CC3)c(C#N)c2)cc1Cl. The number of carbonyl (C=O) groups is 1. The van der Waals surface area contributed by atoms with Crippen molar-refractivity contribution in [2.24, 2.45) is 0 Å². The van der Waals surface area contributed by atoms with E-state index in [1.54, 1.807) is 43.8 Å². The highest BCUT2D eigenvalue weighted by molar-refractivity contribution is 7.11. The summed E-state index contributed by atoms with van der Waals surface area (Å²) >= 11 is 7.91. The maximum absolute atomic E-state index is 12.2. The molecule has 0 radical (unpaired) electrons. The van der Waals surface area contributed by atoms with Crippen molar-refractivity contribution < 1.29 is 9.63 Å². The molecule has 3 heterocycles. The van der Waals surface area contributed by atoms with E-state index in [-0.39, 0.29) is 5.91 Å². The number of pyridine rings is 1. The number of carbonyl (C=O) groups excluding carboxylic acids is 1. The molecule has 2 aromatic heterocycles. The summed E-state index contributed by atoms with van der Waals surface area (Å²) in [5.41, 5.74) is 2.51. The molecule has 0 bridgehead atoms. The topological polar surface area (TPSA) is 72.7 Å². The number of hydrogen-bond acceptors (Lipinski definition) is 7. The quantitative estimate of drug-likeness (QED) is 0.561. The number of amides is 1. The maximum atomic E-state index is 12.2. The first-order valence-corrected chi connectivity index (χ1v) is 11.3. The molecule has 32 heavy (non-hydrogen) atoms. The highest BCUT2D eigenvalue weighted by atomic mass is 35.5. The van der Waals surface area contributed by atoms with E-state index >= 15 is 0 Å². The number of aromatic nitrogens is 1. The molecule has 9 heteroatoms. The number of nitriles is 1. The minimum atomic E-state index is -0.157. The van der Waals surface area contributed by atoms with Crippen molar-refractivity contribution in [2.45, 2.75) is 0 Å². The van der Waals surface area contributed by atoms with E-state index in [4.69, 9.17) is 16.4 Å². The van der Waals surface area contributed by atoms with Gasteiger partial charge in [0.05, 0.1) is 29.2 Å². The van der Waals surface area contributed by atoms with E-state index in [9.17, 15) is 10.1 Å². The molecule has 1 fully saturated rings. The molecule has 0 N–H and O–H groups in total. The minimum absolute atomic E-state index is 0.157. The molecule has 0 spiro atoms. The number of benzene rings is 1. The van der Waals surface area contributed by atoms with Gasteiger partial charge in [-0.25, -0.2) is 4.98 Å². The zero-order valence-corrected chi connectivity index (χ0v) is 19.4. The number of thiophene rings is 1. The lowest BCUT2D eigenvalue weighted by molar-refractivity contribution is -0.0584. The molecular formula is C23H22ClN5O2S. The lowest BCUT2D eigenvalue weighted by Gasteiger charge is -2.34. The van der Waals surface area contributed by atoms with E-state index in [0.29, 0.717) is 48.1 Å². The van der Waals surface area contributed by atoms with Gasteiger partial charge in [-0.15, -0.1) is 16.4 Å². The third kappa shape index (κ3) is 4.70. The smallest absolute Gasteiger partial charge is 0.254 e. The molecule has 0 unspecified atom stereocenters. The Labute approximate surface area is 196 Å². The van der Waals surface area contributed by atoms with Crippen LogP contribution in [0.3, 0.4) is 0 Å². The number of piperazine rings is 1. The molecule has 1 aromatic carbocycles. The fourth-order valence-corrected chi connectivity index (χ4v) is 4.35. The monoisotopic (exact) mass is 467 g/mol. The number of nitrogens with zero attached hydrogens (tertiary/aromatic N) is 5. The van der Waals surface area contributed by atoms with Gasteiger partial charge in [-0.3, -0.25) is 4.79 Å². The van der Waals surface area contributed by atoms with Crippen molar-refractivity contribution >= 4 is 34.7 Å². The summed E-state index contributed by atoms with van der Waals surface area (Å²) in [5.74, 6) is 0.507. The number of rotatable bonds is 5. The van der Waals surface area contributed by atoms with Crippen molar-refractivity contribution in [3.63, 3.8) is 0 Å². The van der Waals surface area contributed by atoms with Crippen molar-refractivity contribution in [1.82, 2.24) is 14.9 Å². The van der Waals surface area contributed by atoms with Crippen molar-refractivity contribution in [1.29, 1.82) is 5.26 Å². The Kier molecular flexibility index (Phi) is 6.61. The number of hydrogen-bond donors (Lipinski definition) is 0. The Morgan fingerprint density at radius 3 is 2.59 bits per heavy atom. The predicted molar refractivity (Wildman–Crippen MR) is 126 cm³/mol. The van der Waals surface area contributed by atoms with Crippen LogP contribution in [-0.4, -0.2) is 61.1 Å². The van der Waals surface area contributed by atoms with Gasteiger partial charge in [-0.1, -0.05) is 17.7 Å². The fourth-order valence-electron chi connectivity index (χ4n) is 3.49. The first-order chi connectivity index (χ1) is 15.5. The van der Waals surface area contributed by atoms with E-state index in [1.807, 2.05) is 34.7 Å². The van der Waals surface area contributed by atoms with Crippen LogP contribution in [-0.2, 0) is 0 Å². The van der Waals surface area contributed by atoms with Gasteiger partial charge in [0.25, 0.3) is 5.91 Å². The minimum Gasteiger partial charge on any atom is -0.395 e. The molecule has 1 aliphatic heterocycles. The van der Waals surface area contributed by atoms with E-state index in [2.05, 4.69) is 16.0 Å². The molecule has 0 saturated carbocycles. The lowest BCUT2D eigenvalue weighted by Crippen LogP contribution is -2.48. The number of hydroxylamine groups is 2. The van der Waals surface area contributed by atoms with Gasteiger partial charge in [0.1, 0.15) is 11.9 Å². The van der Waals surface area contributed by atoms with Crippen LogP contribution in [0.25, 0.3) is 11.1 Å². The van der Waals surface area contributed by atoms with Crippen molar-refractivity contribution in [2.75, 3.05) is 45.2 Å². The van der Waals surface area contributed by atoms with Gasteiger partial charge in [-0.2, -0.15) is 5.26 Å². The first-order valence-electron chi connectivity index (χ1n) is 10.1. The van der Waals surface area contributed by atoms with Crippen LogP contribution < -0.4 is 9.74 Å². The standard InChI is InChI=1S/C23H22ClN5O2S/c1-27(2)23(30)19-6-5-16(13-20(19)24)18-12-17(14-25)22(26-15-18)28-7-9-29(10-8-28)31-21-4-3-11-32-21/h3-6,11-13,15H,7-10H2,1-2H3. The fraction of sp³-hybridized carbons (Fsp3) is 0.261. The highest BCUT2D eigenvalue weighted by Crippen LogP contribution is 2.29. The average molecular weight is 468 g/mol. The van der Waals surface area contributed by atoms with Crippen LogP contribution in [0.4, 0.5) is 5.82 Å². The highest BCUT2D eigenvalue weighted by Gasteiger charge is 2.22. The second-order valence-electron chi connectivity index (χ2n) is 7.54. The third-order valence-corrected chi connectivity index (χ3v) is 6.23. The van der Waals surface area contributed by atoms with Gasteiger partial charge in [-0.05, 0) is 41.3 Å². The van der Waals surface area contributed by atoms with Crippen LogP contribution in [0.2, 0.25) is 5.02 Å². The Morgan fingerprint density at radius 1 is 1.19 bits per heavy atom. The molecule has 3 aromatic rings. The lowest BCUT2D eigenvalue weighted by atomic mass is 10.0. The Bertz CT molecular complexity index is 1150. The van der Waals surface area contributed by atoms with Gasteiger partial charge >= 0.3 is 0 Å². The average Bonchev–Trinajstić information content (AvgIpc) is 3.31. The summed E-state index contributed by atoms with van der Waals surface area (Å²) in [6, 6.07) is 13.2. The Balaban J connectivity index is 1.50. The summed E-state index contributed by atoms with van der Waals surface area (Å²) in [4.78, 5) is 26.3. The molecular weight excluding hydrogens is 446 g/mol. The molecule has 0 atom stereocenters. The van der Waals surface area contributed by atoms with Gasteiger partial charge in [0, 0.05) is 38.9 Å². The molecule has 4 rings (SSSR count). The van der Waals surface area contributed by atoms with Crippen LogP contribution in [0, 0.1) is 11.3 Å². The van der Waals surface area contributed by atoms with Crippen LogP contribution in [0.5, 0.6) is 5.06 Å². The molecule has 1 amide bonds. The first kappa shape index (κ1) is 22.1. The summed E-state index contributed by atoms with van der Waals surface area (Å²) in [7, 11) is 3.37. The summed E-state index contributed by atoms with van der Waals surface area (Å²) in [6.07, 6.45) is 1.74. The third-order valence-electron chi connectivity index (χ3n) is 5.18. The molecule has 0 aliphatic carbocycles. The summed E-state index contributed by atoms with van der Waals surface area (Å²) in [6.45, 7) is 2.84. The second kappa shape index (κ2) is 9.57. The zero-order chi connectivity index (χ0) is 22.7. The normalized spacial score (nSPS) is 14.1. The second-order valence-corrected chi connectivity index (χ2v) is 8.86. The van der Waals surface area contributed by atoms with E-state index < -0.39 is 0 Å². The number of halogens is 1.